The van der Waals surface area contributed by atoms with Crippen molar-refractivity contribution in [2.75, 3.05) is 16.3 Å². The van der Waals surface area contributed by atoms with E-state index >= 15 is 0 Å². The van der Waals surface area contributed by atoms with Crippen molar-refractivity contribution < 1.29 is 9.59 Å². The number of carbonyl (C=O) groups is 2. The number of carbonyl (C=O) groups excluding carboxylic acids is 2. The third-order valence-electron chi connectivity index (χ3n) is 5.41. The van der Waals surface area contributed by atoms with Crippen molar-refractivity contribution in [3.8, 4) is 11.1 Å². The fourth-order valence-electron chi connectivity index (χ4n) is 3.81. The molecule has 0 bridgehead atoms. The minimum absolute atomic E-state index is 0.00245. The zero-order valence-corrected chi connectivity index (χ0v) is 16.3. The van der Waals surface area contributed by atoms with E-state index in [0.29, 0.717) is 12.6 Å². The van der Waals surface area contributed by atoms with Crippen molar-refractivity contribution in [3.05, 3.63) is 30.6 Å². The van der Waals surface area contributed by atoms with Gasteiger partial charge >= 0.3 is 0 Å². The number of benzene rings is 1. The zero-order chi connectivity index (χ0) is 19.3. The molecule has 1 aromatic heterocycles. The Hall–Kier alpha value is -2.63. The van der Waals surface area contributed by atoms with Gasteiger partial charge < -0.3 is 9.80 Å². The molecule has 0 N–H and O–H groups in total. The summed E-state index contributed by atoms with van der Waals surface area (Å²) in [5.74, 6) is 0.324. The van der Waals surface area contributed by atoms with Gasteiger partial charge in [-0.25, -0.2) is 0 Å². The van der Waals surface area contributed by atoms with Crippen LogP contribution < -0.4 is 9.80 Å². The molecule has 2 amide bonds. The minimum Gasteiger partial charge on any atom is -0.308 e. The molecular formula is C21H26N4O2. The Kier molecular flexibility index (Phi) is 4.29. The Labute approximate surface area is 159 Å². The summed E-state index contributed by atoms with van der Waals surface area (Å²) in [5.41, 5.74) is 3.66. The lowest BCUT2D eigenvalue weighted by Gasteiger charge is -2.41. The van der Waals surface area contributed by atoms with Crippen LogP contribution in [0.3, 0.4) is 0 Å². The first-order chi connectivity index (χ1) is 12.9. The van der Waals surface area contributed by atoms with Crippen LogP contribution >= 0.6 is 0 Å². The van der Waals surface area contributed by atoms with E-state index in [0.717, 1.165) is 35.3 Å². The van der Waals surface area contributed by atoms with Crippen LogP contribution in [0.5, 0.6) is 0 Å². The summed E-state index contributed by atoms with van der Waals surface area (Å²) in [7, 11) is 0. The summed E-state index contributed by atoms with van der Waals surface area (Å²) in [6.45, 7) is 8.30. The molecule has 0 saturated heterocycles. The third-order valence-corrected chi connectivity index (χ3v) is 5.41. The van der Waals surface area contributed by atoms with Crippen LogP contribution in [0.25, 0.3) is 11.1 Å². The molecule has 1 aromatic carbocycles. The Bertz CT molecular complexity index is 897. The summed E-state index contributed by atoms with van der Waals surface area (Å²) in [6, 6.07) is 6.25. The van der Waals surface area contributed by atoms with Crippen molar-refractivity contribution in [2.45, 2.75) is 52.6 Å². The molecule has 2 heterocycles. The molecule has 1 saturated carbocycles. The van der Waals surface area contributed by atoms with Crippen molar-refractivity contribution in [1.82, 2.24) is 9.78 Å². The number of aromatic nitrogens is 2. The summed E-state index contributed by atoms with van der Waals surface area (Å²) in [5, 5.41) is 4.42. The van der Waals surface area contributed by atoms with E-state index in [4.69, 9.17) is 0 Å². The average Bonchev–Trinajstić information content (AvgIpc) is 3.35. The van der Waals surface area contributed by atoms with E-state index in [-0.39, 0.29) is 23.8 Å². The van der Waals surface area contributed by atoms with E-state index in [2.05, 4.69) is 18.9 Å². The molecule has 4 rings (SSSR count). The Morgan fingerprint density at radius 3 is 2.48 bits per heavy atom. The molecule has 2 aromatic rings. The smallest absolute Gasteiger partial charge is 0.230 e. The highest BCUT2D eigenvalue weighted by molar-refractivity contribution is 6.06. The van der Waals surface area contributed by atoms with Gasteiger partial charge in [0.25, 0.3) is 0 Å². The number of amides is 2. The molecule has 0 spiro atoms. The fourth-order valence-corrected chi connectivity index (χ4v) is 3.81. The molecule has 6 heteroatoms. The predicted octanol–water partition coefficient (Wildman–Crippen LogP) is 3.63. The number of anilines is 2. The summed E-state index contributed by atoms with van der Waals surface area (Å²) >= 11 is 0. The quantitative estimate of drug-likeness (QED) is 0.833. The number of hydrogen-bond acceptors (Lipinski definition) is 3. The molecule has 27 heavy (non-hydrogen) atoms. The second-order valence-corrected chi connectivity index (χ2v) is 7.97. The lowest BCUT2D eigenvalue weighted by Crippen LogP contribution is -2.51. The molecule has 1 aliphatic heterocycles. The Balaban J connectivity index is 1.79. The van der Waals surface area contributed by atoms with E-state index in [9.17, 15) is 9.59 Å². The highest BCUT2D eigenvalue weighted by atomic mass is 16.2. The van der Waals surface area contributed by atoms with Crippen LogP contribution in [0, 0.1) is 5.92 Å². The van der Waals surface area contributed by atoms with Gasteiger partial charge in [0.15, 0.2) is 0 Å². The van der Waals surface area contributed by atoms with Crippen molar-refractivity contribution in [2.24, 2.45) is 5.92 Å². The molecule has 0 radical (unpaired) electrons. The van der Waals surface area contributed by atoms with Gasteiger partial charge in [-0.05, 0) is 51.3 Å². The number of rotatable bonds is 3. The summed E-state index contributed by atoms with van der Waals surface area (Å²) < 4.78 is 1.92. The fraction of sp³-hybridized carbons (Fsp3) is 0.476. The molecule has 6 nitrogen and oxygen atoms in total. The largest absolute Gasteiger partial charge is 0.308 e. The molecular weight excluding hydrogens is 340 g/mol. The maximum Gasteiger partial charge on any atom is 0.230 e. The van der Waals surface area contributed by atoms with Crippen LogP contribution in [0.4, 0.5) is 11.4 Å². The standard InChI is InChI=1S/C21H26N4O2/c1-13(2)24-12-18(10-22-24)17-7-8-19-20(9-17)23(21(27)16-5-6-16)11-14(3)25(19)15(4)26/h7-10,12-14,16H,5-6,11H2,1-4H3. The zero-order valence-electron chi connectivity index (χ0n) is 16.3. The second kappa shape index (κ2) is 6.51. The Morgan fingerprint density at radius 2 is 1.89 bits per heavy atom. The van der Waals surface area contributed by atoms with Gasteiger partial charge in [-0.2, -0.15) is 5.10 Å². The van der Waals surface area contributed by atoms with Gasteiger partial charge in [0.05, 0.1) is 23.6 Å². The van der Waals surface area contributed by atoms with Crippen LogP contribution in [-0.4, -0.2) is 34.2 Å². The van der Waals surface area contributed by atoms with Gasteiger partial charge in [0.1, 0.15) is 0 Å². The van der Waals surface area contributed by atoms with Gasteiger partial charge in [-0.15, -0.1) is 0 Å². The molecule has 142 valence electrons. The van der Waals surface area contributed by atoms with E-state index in [1.807, 2.05) is 47.1 Å². The van der Waals surface area contributed by atoms with Crippen molar-refractivity contribution in [1.29, 1.82) is 0 Å². The van der Waals surface area contributed by atoms with Crippen molar-refractivity contribution in [3.63, 3.8) is 0 Å². The first-order valence-electron chi connectivity index (χ1n) is 9.66. The van der Waals surface area contributed by atoms with Crippen LogP contribution in [0.15, 0.2) is 30.6 Å². The van der Waals surface area contributed by atoms with E-state index in [1.165, 1.54) is 0 Å². The maximum atomic E-state index is 12.9. The number of fused-ring (bicyclic) bond motifs is 1. The van der Waals surface area contributed by atoms with Crippen LogP contribution in [-0.2, 0) is 9.59 Å². The molecule has 1 unspecified atom stereocenters. The SMILES string of the molecule is CC(=O)N1c2ccc(-c3cnn(C(C)C)c3)cc2N(C(=O)C2CC2)CC1C. The van der Waals surface area contributed by atoms with Gasteiger partial charge in [-0.1, -0.05) is 6.07 Å². The number of hydrogen-bond donors (Lipinski definition) is 0. The van der Waals surface area contributed by atoms with Gasteiger partial charge in [0.2, 0.25) is 11.8 Å². The van der Waals surface area contributed by atoms with Gasteiger partial charge in [0, 0.05) is 37.2 Å². The van der Waals surface area contributed by atoms with Crippen LogP contribution in [0.1, 0.15) is 46.6 Å². The van der Waals surface area contributed by atoms with Crippen LogP contribution in [0.2, 0.25) is 0 Å². The number of nitrogens with zero attached hydrogens (tertiary/aromatic N) is 4. The summed E-state index contributed by atoms with van der Waals surface area (Å²) in [6.07, 6.45) is 5.81. The highest BCUT2D eigenvalue weighted by Crippen LogP contribution is 2.42. The lowest BCUT2D eigenvalue weighted by atomic mass is 10.0. The first-order valence-corrected chi connectivity index (χ1v) is 9.66. The second-order valence-electron chi connectivity index (χ2n) is 7.97. The maximum absolute atomic E-state index is 12.9. The monoisotopic (exact) mass is 366 g/mol. The Morgan fingerprint density at radius 1 is 1.15 bits per heavy atom. The molecule has 2 aliphatic rings. The predicted molar refractivity (Wildman–Crippen MR) is 106 cm³/mol. The van der Waals surface area contributed by atoms with E-state index in [1.54, 1.807) is 11.8 Å². The van der Waals surface area contributed by atoms with E-state index < -0.39 is 0 Å². The lowest BCUT2D eigenvalue weighted by molar-refractivity contribution is -0.120. The average molecular weight is 366 g/mol. The minimum atomic E-state index is -0.0350. The van der Waals surface area contributed by atoms with Gasteiger partial charge in [-0.3, -0.25) is 14.3 Å². The normalized spacial score (nSPS) is 19.4. The molecule has 1 fully saturated rings. The summed E-state index contributed by atoms with van der Waals surface area (Å²) in [4.78, 5) is 28.8. The molecule has 1 aliphatic carbocycles. The third kappa shape index (κ3) is 3.13. The van der Waals surface area contributed by atoms with Crippen molar-refractivity contribution >= 4 is 23.2 Å². The molecule has 1 atom stereocenters. The first kappa shape index (κ1) is 17.8. The topological polar surface area (TPSA) is 58.4 Å². The highest BCUT2D eigenvalue weighted by Gasteiger charge is 2.39.